The van der Waals surface area contributed by atoms with Gasteiger partial charge in [0.15, 0.2) is 0 Å². The maximum atomic E-state index is 13.1. The molecule has 0 aliphatic rings. The van der Waals surface area contributed by atoms with Crippen molar-refractivity contribution in [2.75, 3.05) is 5.43 Å². The van der Waals surface area contributed by atoms with Gasteiger partial charge in [0.05, 0.1) is 11.0 Å². The van der Waals surface area contributed by atoms with Gasteiger partial charge < -0.3 is 5.43 Å². The van der Waals surface area contributed by atoms with E-state index in [4.69, 9.17) is 0 Å². The van der Waals surface area contributed by atoms with E-state index in [0.717, 1.165) is 17.0 Å². The molecule has 1 heterocycles. The Hall–Kier alpha value is -1.29. The van der Waals surface area contributed by atoms with E-state index in [-0.39, 0.29) is 5.82 Å². The number of nitrogens with zero attached hydrogens (tertiary/aromatic N) is 1. The lowest BCUT2D eigenvalue weighted by atomic mass is 10.2. The van der Waals surface area contributed by atoms with E-state index < -0.39 is 0 Å². The molecule has 2 aromatic rings. The van der Waals surface area contributed by atoms with E-state index in [1.165, 1.54) is 6.07 Å². The minimum atomic E-state index is -0.234. The van der Waals surface area contributed by atoms with Crippen LogP contribution in [0, 0.1) is 19.7 Å². The summed E-state index contributed by atoms with van der Waals surface area (Å²) in [5, 5.41) is 0. The van der Waals surface area contributed by atoms with Gasteiger partial charge >= 0.3 is 0 Å². The number of hydrogen-bond acceptors (Lipinski definition) is 1. The third kappa shape index (κ3) is 2.69. The zero-order chi connectivity index (χ0) is 12.4. The van der Waals surface area contributed by atoms with E-state index in [1.54, 1.807) is 12.1 Å². The lowest BCUT2D eigenvalue weighted by Crippen LogP contribution is -2.16. The van der Waals surface area contributed by atoms with Crippen LogP contribution >= 0.6 is 15.9 Å². The quantitative estimate of drug-likeness (QED) is 0.913. The van der Waals surface area contributed by atoms with Gasteiger partial charge in [-0.25, -0.2) is 4.39 Å². The van der Waals surface area contributed by atoms with Gasteiger partial charge in [0.1, 0.15) is 5.82 Å². The molecule has 0 saturated heterocycles. The second-order valence-electron chi connectivity index (χ2n) is 4.03. The summed E-state index contributed by atoms with van der Waals surface area (Å²) in [4.78, 5) is 0. The Morgan fingerprint density at radius 3 is 2.41 bits per heavy atom. The molecule has 0 saturated carbocycles. The minimum absolute atomic E-state index is 0.234. The molecule has 0 amide bonds. The van der Waals surface area contributed by atoms with Crippen LogP contribution in [-0.2, 0) is 6.54 Å². The van der Waals surface area contributed by atoms with Gasteiger partial charge in [-0.05, 0) is 59.6 Å². The number of rotatable bonds is 3. The third-order valence-corrected chi connectivity index (χ3v) is 3.30. The Morgan fingerprint density at radius 2 is 1.82 bits per heavy atom. The summed E-state index contributed by atoms with van der Waals surface area (Å²) in [6.45, 7) is 4.75. The summed E-state index contributed by atoms with van der Waals surface area (Å²) in [7, 11) is 0. The smallest absolute Gasteiger partial charge is 0.137 e. The van der Waals surface area contributed by atoms with Crippen molar-refractivity contribution in [2.24, 2.45) is 0 Å². The molecule has 0 spiro atoms. The van der Waals surface area contributed by atoms with Crippen molar-refractivity contribution in [2.45, 2.75) is 20.4 Å². The molecular weight excluding hydrogens is 283 g/mol. The van der Waals surface area contributed by atoms with Gasteiger partial charge in [-0.3, -0.25) is 4.68 Å². The lowest BCUT2D eigenvalue weighted by molar-refractivity contribution is 0.620. The number of nitrogens with one attached hydrogen (secondary N) is 1. The van der Waals surface area contributed by atoms with Crippen LogP contribution in [0.4, 0.5) is 4.39 Å². The second kappa shape index (κ2) is 4.92. The number of aryl methyl sites for hydroxylation is 2. The first-order valence-corrected chi connectivity index (χ1v) is 6.20. The molecule has 0 unspecified atom stereocenters. The van der Waals surface area contributed by atoms with Crippen LogP contribution in [-0.4, -0.2) is 4.68 Å². The molecule has 2 rings (SSSR count). The molecule has 0 atom stereocenters. The molecule has 2 nitrogen and oxygen atoms in total. The van der Waals surface area contributed by atoms with E-state index >= 15 is 0 Å². The van der Waals surface area contributed by atoms with Gasteiger partial charge in [0.25, 0.3) is 0 Å². The van der Waals surface area contributed by atoms with Crippen LogP contribution in [0.25, 0.3) is 0 Å². The van der Waals surface area contributed by atoms with Crippen LogP contribution in [0.2, 0.25) is 0 Å². The van der Waals surface area contributed by atoms with Crippen molar-refractivity contribution < 1.29 is 4.39 Å². The maximum absolute atomic E-state index is 13.1. The summed E-state index contributed by atoms with van der Waals surface area (Å²) >= 11 is 3.18. The van der Waals surface area contributed by atoms with Crippen LogP contribution in [0.3, 0.4) is 0 Å². The summed E-state index contributed by atoms with van der Waals surface area (Å²) < 4.78 is 15.6. The average molecular weight is 297 g/mol. The fourth-order valence-corrected chi connectivity index (χ4v) is 2.16. The molecule has 1 N–H and O–H groups in total. The van der Waals surface area contributed by atoms with Gasteiger partial charge in [-0.1, -0.05) is 6.07 Å². The summed E-state index contributed by atoms with van der Waals surface area (Å²) in [6, 6.07) is 9.15. The highest BCUT2D eigenvalue weighted by Gasteiger charge is 2.02. The van der Waals surface area contributed by atoms with Gasteiger partial charge in [-0.15, -0.1) is 0 Å². The number of aromatic nitrogens is 1. The SMILES string of the molecule is Cc1ccc(C)n1NCc1ccc(F)c(Br)c1. The Bertz CT molecular complexity index is 515. The van der Waals surface area contributed by atoms with Gasteiger partial charge in [-0.2, -0.15) is 0 Å². The molecule has 90 valence electrons. The minimum Gasteiger partial charge on any atom is -0.322 e. The normalized spacial score (nSPS) is 10.6. The van der Waals surface area contributed by atoms with Crippen molar-refractivity contribution in [3.8, 4) is 0 Å². The van der Waals surface area contributed by atoms with Crippen molar-refractivity contribution in [3.05, 3.63) is 57.6 Å². The first kappa shape index (κ1) is 12.2. The van der Waals surface area contributed by atoms with Crippen molar-refractivity contribution in [1.82, 2.24) is 4.68 Å². The summed E-state index contributed by atoms with van der Waals surface area (Å²) in [5.74, 6) is -0.234. The molecule has 0 aliphatic carbocycles. The molecule has 0 radical (unpaired) electrons. The third-order valence-electron chi connectivity index (χ3n) is 2.70. The predicted molar refractivity (Wildman–Crippen MR) is 71.1 cm³/mol. The highest BCUT2D eigenvalue weighted by Crippen LogP contribution is 2.17. The number of hydrogen-bond donors (Lipinski definition) is 1. The first-order chi connectivity index (χ1) is 8.08. The van der Waals surface area contributed by atoms with Crippen LogP contribution in [0.5, 0.6) is 0 Å². The standard InChI is InChI=1S/C13H14BrFN2/c1-9-3-4-10(2)17(9)16-8-11-5-6-13(15)12(14)7-11/h3-7,16H,8H2,1-2H3. The first-order valence-electron chi connectivity index (χ1n) is 5.40. The zero-order valence-electron chi connectivity index (χ0n) is 9.80. The Labute approximate surface area is 109 Å². The van der Waals surface area contributed by atoms with Crippen LogP contribution in [0.1, 0.15) is 17.0 Å². The average Bonchev–Trinajstić information content (AvgIpc) is 2.61. The second-order valence-corrected chi connectivity index (χ2v) is 4.89. The molecule has 0 fully saturated rings. The van der Waals surface area contributed by atoms with Gasteiger partial charge in [0.2, 0.25) is 0 Å². The van der Waals surface area contributed by atoms with Crippen LogP contribution < -0.4 is 5.43 Å². The highest BCUT2D eigenvalue weighted by atomic mass is 79.9. The summed E-state index contributed by atoms with van der Waals surface area (Å²) in [5.41, 5.74) is 6.64. The number of halogens is 2. The molecule has 1 aromatic heterocycles. The van der Waals surface area contributed by atoms with E-state index in [9.17, 15) is 4.39 Å². The molecular formula is C13H14BrFN2. The maximum Gasteiger partial charge on any atom is 0.137 e. The zero-order valence-corrected chi connectivity index (χ0v) is 11.4. The Morgan fingerprint density at radius 1 is 1.18 bits per heavy atom. The topological polar surface area (TPSA) is 17.0 Å². The van der Waals surface area contributed by atoms with Crippen molar-refractivity contribution in [1.29, 1.82) is 0 Å². The highest BCUT2D eigenvalue weighted by molar-refractivity contribution is 9.10. The molecule has 0 aliphatic heterocycles. The fourth-order valence-electron chi connectivity index (χ4n) is 1.74. The predicted octanol–water partition coefficient (Wildman–Crippen LogP) is 3.75. The Kier molecular flexibility index (Phi) is 3.52. The molecule has 17 heavy (non-hydrogen) atoms. The van der Waals surface area contributed by atoms with E-state index in [0.29, 0.717) is 11.0 Å². The van der Waals surface area contributed by atoms with Crippen LogP contribution in [0.15, 0.2) is 34.8 Å². The Balaban J connectivity index is 2.10. The monoisotopic (exact) mass is 296 g/mol. The van der Waals surface area contributed by atoms with Crippen molar-refractivity contribution >= 4 is 15.9 Å². The van der Waals surface area contributed by atoms with Gasteiger partial charge in [0, 0.05) is 11.4 Å². The molecule has 1 aromatic carbocycles. The summed E-state index contributed by atoms with van der Waals surface area (Å²) in [6.07, 6.45) is 0. The number of benzene rings is 1. The largest absolute Gasteiger partial charge is 0.322 e. The van der Waals surface area contributed by atoms with Crippen molar-refractivity contribution in [3.63, 3.8) is 0 Å². The molecule has 0 bridgehead atoms. The van der Waals surface area contributed by atoms with E-state index in [1.807, 2.05) is 18.5 Å². The fraction of sp³-hybridized carbons (Fsp3) is 0.231. The molecule has 4 heteroatoms. The van der Waals surface area contributed by atoms with E-state index in [2.05, 4.69) is 33.5 Å². The lowest BCUT2D eigenvalue weighted by Gasteiger charge is -2.12.